The Kier molecular flexibility index (Phi) is 2.78. The van der Waals surface area contributed by atoms with Gasteiger partial charge in [-0.1, -0.05) is 0 Å². The molecule has 7 heteroatoms. The molecule has 0 saturated heterocycles. The molecule has 0 radical (unpaired) electrons. The summed E-state index contributed by atoms with van der Waals surface area (Å²) in [6.07, 6.45) is 3.32. The Bertz CT molecular complexity index is 1020. The number of aromatic nitrogens is 4. The van der Waals surface area contributed by atoms with Crippen LogP contribution in [0.3, 0.4) is 0 Å². The summed E-state index contributed by atoms with van der Waals surface area (Å²) in [5.41, 5.74) is 1.64. The van der Waals surface area contributed by atoms with Gasteiger partial charge in [-0.3, -0.25) is 0 Å². The fraction of sp³-hybridized carbons (Fsp3) is 0.118. The average Bonchev–Trinajstić information content (AvgIpc) is 3.30. The van der Waals surface area contributed by atoms with Crippen LogP contribution >= 0.6 is 0 Å². The minimum atomic E-state index is 0.508. The number of hydrogen-bond acceptors (Lipinski definition) is 6. The van der Waals surface area contributed by atoms with Gasteiger partial charge in [-0.05, 0) is 36.4 Å². The normalized spacial score (nSPS) is 13.3. The first kappa shape index (κ1) is 13.1. The average molecular weight is 320 g/mol. The molecule has 1 aliphatic rings. The number of fused-ring (bicyclic) bond motifs is 2. The van der Waals surface area contributed by atoms with Gasteiger partial charge in [0.1, 0.15) is 18.9 Å². The van der Waals surface area contributed by atoms with E-state index in [1.54, 1.807) is 17.0 Å². The van der Waals surface area contributed by atoms with Gasteiger partial charge in [0.15, 0.2) is 23.1 Å². The fourth-order valence-corrected chi connectivity index (χ4v) is 2.71. The standard InChI is InChI=1S/C17H12N4O3/c1-2-13(22-7-1)12-5-6-18-17-19-16(20-21(12)17)11-3-4-14-15(10-11)24-9-8-23-14/h1-7,10H,8-9H2. The van der Waals surface area contributed by atoms with Crippen LogP contribution in [0.1, 0.15) is 0 Å². The van der Waals surface area contributed by atoms with Crippen LogP contribution < -0.4 is 9.47 Å². The summed E-state index contributed by atoms with van der Waals surface area (Å²) in [6, 6.07) is 11.2. The Labute approximate surface area is 136 Å². The van der Waals surface area contributed by atoms with E-state index in [-0.39, 0.29) is 0 Å². The highest BCUT2D eigenvalue weighted by Gasteiger charge is 2.16. The Balaban J connectivity index is 1.65. The molecular formula is C17H12N4O3. The van der Waals surface area contributed by atoms with Crippen molar-refractivity contribution in [3.8, 4) is 34.3 Å². The van der Waals surface area contributed by atoms with E-state index >= 15 is 0 Å². The van der Waals surface area contributed by atoms with Crippen molar-refractivity contribution in [2.45, 2.75) is 0 Å². The van der Waals surface area contributed by atoms with E-state index in [4.69, 9.17) is 13.9 Å². The van der Waals surface area contributed by atoms with Gasteiger partial charge >= 0.3 is 0 Å². The van der Waals surface area contributed by atoms with Crippen molar-refractivity contribution >= 4 is 5.78 Å². The van der Waals surface area contributed by atoms with Gasteiger partial charge in [-0.2, -0.15) is 9.50 Å². The first-order valence-electron chi connectivity index (χ1n) is 7.54. The van der Waals surface area contributed by atoms with Crippen LogP contribution in [-0.4, -0.2) is 32.8 Å². The van der Waals surface area contributed by atoms with Gasteiger partial charge < -0.3 is 13.9 Å². The van der Waals surface area contributed by atoms with E-state index in [0.29, 0.717) is 36.3 Å². The predicted molar refractivity (Wildman–Crippen MR) is 84.9 cm³/mol. The van der Waals surface area contributed by atoms with Crippen LogP contribution in [0.2, 0.25) is 0 Å². The third-order valence-corrected chi connectivity index (χ3v) is 3.81. The second-order valence-corrected chi connectivity index (χ2v) is 5.31. The molecule has 24 heavy (non-hydrogen) atoms. The summed E-state index contributed by atoms with van der Waals surface area (Å²) in [5.74, 6) is 3.23. The Morgan fingerprint density at radius 2 is 1.92 bits per heavy atom. The lowest BCUT2D eigenvalue weighted by Gasteiger charge is -2.18. The molecule has 118 valence electrons. The molecule has 4 heterocycles. The van der Waals surface area contributed by atoms with Gasteiger partial charge in [0.2, 0.25) is 0 Å². The summed E-state index contributed by atoms with van der Waals surface area (Å²) in [4.78, 5) is 8.78. The van der Waals surface area contributed by atoms with Gasteiger partial charge in [0.05, 0.1) is 6.26 Å². The van der Waals surface area contributed by atoms with Crippen LogP contribution in [0.15, 0.2) is 53.3 Å². The summed E-state index contributed by atoms with van der Waals surface area (Å²) in [5, 5.41) is 4.57. The Morgan fingerprint density at radius 3 is 2.79 bits per heavy atom. The van der Waals surface area contributed by atoms with Crippen LogP contribution in [0.5, 0.6) is 11.5 Å². The van der Waals surface area contributed by atoms with E-state index in [1.807, 2.05) is 36.4 Å². The van der Waals surface area contributed by atoms with Gasteiger partial charge in [0, 0.05) is 11.8 Å². The number of nitrogens with zero attached hydrogens (tertiary/aromatic N) is 4. The van der Waals surface area contributed by atoms with Crippen LogP contribution in [0, 0.1) is 0 Å². The molecule has 0 amide bonds. The second kappa shape index (κ2) is 5.09. The zero-order valence-corrected chi connectivity index (χ0v) is 12.5. The number of furan rings is 1. The van der Waals surface area contributed by atoms with E-state index in [2.05, 4.69) is 15.1 Å². The highest BCUT2D eigenvalue weighted by atomic mass is 16.6. The minimum absolute atomic E-state index is 0.508. The summed E-state index contributed by atoms with van der Waals surface area (Å²) in [6.45, 7) is 1.11. The maximum Gasteiger partial charge on any atom is 0.253 e. The molecule has 4 aromatic rings. The molecule has 0 spiro atoms. The van der Waals surface area contributed by atoms with Crippen LogP contribution in [0.25, 0.3) is 28.6 Å². The zero-order valence-electron chi connectivity index (χ0n) is 12.5. The molecule has 7 nitrogen and oxygen atoms in total. The van der Waals surface area contributed by atoms with Crippen LogP contribution in [0.4, 0.5) is 0 Å². The Hall–Kier alpha value is -3.35. The zero-order chi connectivity index (χ0) is 15.9. The lowest BCUT2D eigenvalue weighted by atomic mass is 10.2. The molecule has 0 bridgehead atoms. The topological polar surface area (TPSA) is 74.7 Å². The molecule has 0 aliphatic carbocycles. The number of ether oxygens (including phenoxy) is 2. The van der Waals surface area contributed by atoms with Gasteiger partial charge in [-0.25, -0.2) is 4.98 Å². The SMILES string of the molecule is c1coc(-c2ccnc3nc(-c4ccc5c(c4)OCCO5)nn23)c1. The molecule has 0 saturated carbocycles. The van der Waals surface area contributed by atoms with Crippen molar-refractivity contribution in [2.24, 2.45) is 0 Å². The molecular weight excluding hydrogens is 308 g/mol. The van der Waals surface area contributed by atoms with Crippen molar-refractivity contribution in [1.29, 1.82) is 0 Å². The van der Waals surface area contributed by atoms with Crippen molar-refractivity contribution < 1.29 is 13.9 Å². The first-order valence-corrected chi connectivity index (χ1v) is 7.54. The third-order valence-electron chi connectivity index (χ3n) is 3.81. The smallest absolute Gasteiger partial charge is 0.253 e. The monoisotopic (exact) mass is 320 g/mol. The molecule has 0 atom stereocenters. The van der Waals surface area contributed by atoms with Crippen molar-refractivity contribution in [1.82, 2.24) is 19.6 Å². The second-order valence-electron chi connectivity index (χ2n) is 5.31. The number of benzene rings is 1. The fourth-order valence-electron chi connectivity index (χ4n) is 2.71. The molecule has 0 fully saturated rings. The van der Waals surface area contributed by atoms with Gasteiger partial charge in [-0.15, -0.1) is 5.10 Å². The van der Waals surface area contributed by atoms with Crippen LogP contribution in [-0.2, 0) is 0 Å². The Morgan fingerprint density at radius 1 is 1.00 bits per heavy atom. The predicted octanol–water partition coefficient (Wildman–Crippen LogP) is 2.82. The molecule has 0 unspecified atom stereocenters. The number of rotatable bonds is 2. The molecule has 3 aromatic heterocycles. The maximum atomic E-state index is 5.62. The van der Waals surface area contributed by atoms with Crippen molar-refractivity contribution in [2.75, 3.05) is 13.2 Å². The number of hydrogen-bond donors (Lipinski definition) is 0. The summed E-state index contributed by atoms with van der Waals surface area (Å²) < 4.78 is 18.3. The van der Waals surface area contributed by atoms with Crippen molar-refractivity contribution in [3.05, 3.63) is 48.9 Å². The third kappa shape index (κ3) is 2.02. The maximum absolute atomic E-state index is 5.62. The summed E-state index contributed by atoms with van der Waals surface area (Å²) >= 11 is 0. The summed E-state index contributed by atoms with van der Waals surface area (Å²) in [7, 11) is 0. The minimum Gasteiger partial charge on any atom is -0.486 e. The lowest BCUT2D eigenvalue weighted by molar-refractivity contribution is 0.171. The first-order chi connectivity index (χ1) is 11.9. The largest absolute Gasteiger partial charge is 0.486 e. The van der Waals surface area contributed by atoms with E-state index < -0.39 is 0 Å². The lowest BCUT2D eigenvalue weighted by Crippen LogP contribution is -2.15. The highest BCUT2D eigenvalue weighted by Crippen LogP contribution is 2.33. The van der Waals surface area contributed by atoms with E-state index in [1.165, 1.54) is 0 Å². The van der Waals surface area contributed by atoms with Crippen molar-refractivity contribution in [3.63, 3.8) is 0 Å². The quantitative estimate of drug-likeness (QED) is 0.565. The van der Waals surface area contributed by atoms with E-state index in [0.717, 1.165) is 17.0 Å². The molecule has 1 aromatic carbocycles. The van der Waals surface area contributed by atoms with Gasteiger partial charge in [0.25, 0.3) is 5.78 Å². The molecule has 1 aliphatic heterocycles. The molecule has 0 N–H and O–H groups in total. The molecule has 5 rings (SSSR count). The van der Waals surface area contributed by atoms with E-state index in [9.17, 15) is 0 Å². The highest BCUT2D eigenvalue weighted by molar-refractivity contribution is 5.64.